The lowest BCUT2D eigenvalue weighted by Crippen LogP contribution is -2.49. The smallest absolute Gasteiger partial charge is 0.263 e. The number of amides is 2. The van der Waals surface area contributed by atoms with Crippen LogP contribution in [0.4, 0.5) is 13.2 Å². The van der Waals surface area contributed by atoms with Gasteiger partial charge in [-0.1, -0.05) is 0 Å². The molecule has 0 radical (unpaired) electrons. The van der Waals surface area contributed by atoms with E-state index in [2.05, 4.69) is 25.6 Å². The van der Waals surface area contributed by atoms with Crippen molar-refractivity contribution in [3.05, 3.63) is 41.3 Å². The Morgan fingerprint density at radius 3 is 2.63 bits per heavy atom. The van der Waals surface area contributed by atoms with E-state index in [0.29, 0.717) is 59.1 Å². The monoisotopic (exact) mass is 529 g/mol. The van der Waals surface area contributed by atoms with Gasteiger partial charge in [-0.2, -0.15) is 0 Å². The van der Waals surface area contributed by atoms with Crippen molar-refractivity contribution >= 4 is 22.8 Å². The lowest BCUT2D eigenvalue weighted by molar-refractivity contribution is -0.120. The predicted molar refractivity (Wildman–Crippen MR) is 135 cm³/mol. The third kappa shape index (κ3) is 5.46. The van der Waals surface area contributed by atoms with E-state index < -0.39 is 24.5 Å². The number of benzene rings is 1. The Hall–Kier alpha value is -3.63. The SMILES string of the molecule is CC(=O)N[C@H]1CC[C@@H](NC(=O)c2c(C)[nH]c3c(-c4cc(C(F)F)ccc4OCC4CC4)ncnc23)[C@H](F)C1. The number of ether oxygens (including phenoxy) is 1. The average molecular weight is 530 g/mol. The zero-order chi connectivity index (χ0) is 27.0. The van der Waals surface area contributed by atoms with Gasteiger partial charge in [0.05, 0.1) is 23.7 Å². The average Bonchev–Trinajstić information content (AvgIpc) is 3.63. The van der Waals surface area contributed by atoms with E-state index >= 15 is 0 Å². The summed E-state index contributed by atoms with van der Waals surface area (Å²) in [6, 6.07) is 3.24. The summed E-state index contributed by atoms with van der Waals surface area (Å²) in [6.45, 7) is 3.57. The van der Waals surface area contributed by atoms with E-state index in [0.717, 1.165) is 12.8 Å². The number of nitrogens with zero attached hydrogens (tertiary/aromatic N) is 2. The van der Waals surface area contributed by atoms with Crippen LogP contribution < -0.4 is 15.4 Å². The molecule has 38 heavy (non-hydrogen) atoms. The number of nitrogens with one attached hydrogen (secondary N) is 3. The van der Waals surface area contributed by atoms with Crippen molar-refractivity contribution in [2.75, 3.05) is 6.61 Å². The standard InChI is InChI=1S/C27H30F3N5O3/c1-13-22(27(37)35-20-7-6-17(10-19(20)28)34-14(2)36)24-25(33-13)23(31-12-32-24)18-9-16(26(29)30)5-8-21(18)38-11-15-3-4-15/h5,8-9,12,15,17,19-20,26,33H,3-4,6-7,10-11H2,1-2H3,(H,34,36)(H,35,37)/t17-,19+,20+/m0/s1. The molecule has 3 atom stereocenters. The first-order chi connectivity index (χ1) is 18.2. The maximum atomic E-state index is 14.9. The summed E-state index contributed by atoms with van der Waals surface area (Å²) in [7, 11) is 0. The Morgan fingerprint density at radius 2 is 1.95 bits per heavy atom. The number of fused-ring (bicyclic) bond motifs is 1. The molecule has 2 aromatic heterocycles. The van der Waals surface area contributed by atoms with E-state index in [1.807, 2.05) is 0 Å². The minimum absolute atomic E-state index is 0.119. The number of hydrogen-bond donors (Lipinski definition) is 3. The van der Waals surface area contributed by atoms with Crippen molar-refractivity contribution in [3.63, 3.8) is 0 Å². The fraction of sp³-hybridized carbons (Fsp3) is 0.481. The van der Waals surface area contributed by atoms with Gasteiger partial charge < -0.3 is 20.4 Å². The van der Waals surface area contributed by atoms with Crippen LogP contribution in [0.25, 0.3) is 22.3 Å². The molecule has 0 aliphatic heterocycles. The highest BCUT2D eigenvalue weighted by Crippen LogP contribution is 2.38. The van der Waals surface area contributed by atoms with Gasteiger partial charge in [0.2, 0.25) is 5.91 Å². The van der Waals surface area contributed by atoms with Crippen LogP contribution >= 0.6 is 0 Å². The molecule has 202 valence electrons. The number of rotatable bonds is 8. The molecular formula is C27H30F3N5O3. The summed E-state index contributed by atoms with van der Waals surface area (Å²) in [5.74, 6) is 0.180. The Kier molecular flexibility index (Phi) is 7.27. The maximum absolute atomic E-state index is 14.9. The third-order valence-electron chi connectivity index (χ3n) is 7.18. The normalized spacial score (nSPS) is 21.5. The van der Waals surface area contributed by atoms with Gasteiger partial charge in [-0.15, -0.1) is 0 Å². The molecule has 2 fully saturated rings. The molecule has 0 bridgehead atoms. The number of H-pyrrole nitrogens is 1. The zero-order valence-corrected chi connectivity index (χ0v) is 21.2. The summed E-state index contributed by atoms with van der Waals surface area (Å²) < 4.78 is 47.9. The van der Waals surface area contributed by atoms with Crippen molar-refractivity contribution < 1.29 is 27.5 Å². The quantitative estimate of drug-likeness (QED) is 0.389. The van der Waals surface area contributed by atoms with Crippen LogP contribution in [0.15, 0.2) is 24.5 Å². The van der Waals surface area contributed by atoms with E-state index in [9.17, 15) is 22.8 Å². The van der Waals surface area contributed by atoms with Crippen LogP contribution in [0, 0.1) is 12.8 Å². The highest BCUT2D eigenvalue weighted by Gasteiger charge is 2.33. The number of hydrogen-bond acceptors (Lipinski definition) is 5. The van der Waals surface area contributed by atoms with E-state index in [4.69, 9.17) is 4.74 Å². The van der Waals surface area contributed by atoms with Crippen molar-refractivity contribution in [2.45, 2.75) is 70.6 Å². The highest BCUT2D eigenvalue weighted by atomic mass is 19.3. The number of aromatic nitrogens is 3. The van der Waals surface area contributed by atoms with Gasteiger partial charge in [-0.05, 0) is 56.7 Å². The van der Waals surface area contributed by atoms with Crippen LogP contribution in [0.3, 0.4) is 0 Å². The molecule has 3 aromatic rings. The zero-order valence-electron chi connectivity index (χ0n) is 21.2. The Bertz CT molecular complexity index is 1360. The summed E-state index contributed by atoms with van der Waals surface area (Å²) in [6.07, 6.45) is 0.478. The van der Waals surface area contributed by atoms with E-state index in [1.165, 1.54) is 31.5 Å². The largest absolute Gasteiger partial charge is 0.493 e. The molecular weight excluding hydrogens is 499 g/mol. The molecule has 2 aliphatic rings. The molecule has 8 nitrogen and oxygen atoms in total. The van der Waals surface area contributed by atoms with Crippen LogP contribution in [-0.2, 0) is 4.79 Å². The molecule has 11 heteroatoms. The maximum Gasteiger partial charge on any atom is 0.263 e. The molecule has 2 heterocycles. The Morgan fingerprint density at radius 1 is 1.16 bits per heavy atom. The first-order valence-electron chi connectivity index (χ1n) is 12.8. The van der Waals surface area contributed by atoms with Gasteiger partial charge in [0.15, 0.2) is 0 Å². The Balaban J connectivity index is 1.44. The summed E-state index contributed by atoms with van der Waals surface area (Å²) in [4.78, 5) is 36.4. The molecule has 2 saturated carbocycles. The van der Waals surface area contributed by atoms with Gasteiger partial charge in [0.1, 0.15) is 29.5 Å². The van der Waals surface area contributed by atoms with Crippen molar-refractivity contribution in [2.24, 2.45) is 5.92 Å². The number of alkyl halides is 3. The van der Waals surface area contributed by atoms with Gasteiger partial charge in [-0.3, -0.25) is 9.59 Å². The third-order valence-corrected chi connectivity index (χ3v) is 7.18. The predicted octanol–water partition coefficient (Wildman–Crippen LogP) is 4.78. The van der Waals surface area contributed by atoms with Crippen LogP contribution in [0.5, 0.6) is 5.75 Å². The van der Waals surface area contributed by atoms with Gasteiger partial charge >= 0.3 is 0 Å². The minimum Gasteiger partial charge on any atom is -0.493 e. The number of carbonyl (C=O) groups excluding carboxylic acids is 2. The topological polar surface area (TPSA) is 109 Å². The lowest BCUT2D eigenvalue weighted by Gasteiger charge is -2.32. The highest BCUT2D eigenvalue weighted by molar-refractivity contribution is 6.09. The molecule has 5 rings (SSSR count). The van der Waals surface area contributed by atoms with Crippen LogP contribution in [0.2, 0.25) is 0 Å². The number of carbonyl (C=O) groups is 2. The second-order valence-electron chi connectivity index (χ2n) is 10.2. The van der Waals surface area contributed by atoms with Crippen LogP contribution in [0.1, 0.15) is 67.1 Å². The molecule has 2 aliphatic carbocycles. The summed E-state index contributed by atoms with van der Waals surface area (Å²) >= 11 is 0. The molecule has 2 amide bonds. The van der Waals surface area contributed by atoms with E-state index in [-0.39, 0.29) is 29.5 Å². The second kappa shape index (κ2) is 10.6. The number of aryl methyl sites for hydroxylation is 1. The van der Waals surface area contributed by atoms with Crippen LogP contribution in [-0.4, -0.2) is 51.6 Å². The first kappa shape index (κ1) is 26.0. The molecule has 3 N–H and O–H groups in total. The fourth-order valence-corrected chi connectivity index (χ4v) is 5.03. The second-order valence-corrected chi connectivity index (χ2v) is 10.2. The number of halogens is 3. The first-order valence-corrected chi connectivity index (χ1v) is 12.8. The Labute approximate surface area is 217 Å². The molecule has 1 aromatic carbocycles. The van der Waals surface area contributed by atoms with Crippen molar-refractivity contribution in [1.82, 2.24) is 25.6 Å². The molecule has 0 saturated heterocycles. The van der Waals surface area contributed by atoms with Gasteiger partial charge in [0.25, 0.3) is 12.3 Å². The minimum atomic E-state index is -2.68. The molecule has 0 unspecified atom stereocenters. The van der Waals surface area contributed by atoms with Gasteiger partial charge in [-0.25, -0.2) is 23.1 Å². The van der Waals surface area contributed by atoms with E-state index in [1.54, 1.807) is 6.92 Å². The molecule has 0 spiro atoms. The summed E-state index contributed by atoms with van der Waals surface area (Å²) in [5.41, 5.74) is 1.99. The van der Waals surface area contributed by atoms with Gasteiger partial charge in [0, 0.05) is 36.2 Å². The van der Waals surface area contributed by atoms with Crippen molar-refractivity contribution in [1.29, 1.82) is 0 Å². The number of aromatic amines is 1. The van der Waals surface area contributed by atoms with Crippen molar-refractivity contribution in [3.8, 4) is 17.0 Å². The summed E-state index contributed by atoms with van der Waals surface area (Å²) in [5, 5.41) is 5.51. The fourth-order valence-electron chi connectivity index (χ4n) is 5.03. The lowest BCUT2D eigenvalue weighted by atomic mass is 9.89.